The first-order valence-electron chi connectivity index (χ1n) is 3.93. The number of aliphatic hydroxyl groups excluding tert-OH is 1. The lowest BCUT2D eigenvalue weighted by atomic mass is 10.0. The molecule has 0 aromatic rings. The van der Waals surface area contributed by atoms with Crippen LogP contribution in [0.4, 0.5) is 0 Å². The molecule has 0 unspecified atom stereocenters. The average Bonchev–Trinajstić information content (AvgIpc) is 2.00. The molecule has 0 rings (SSSR count). The third-order valence-electron chi connectivity index (χ3n) is 2.04. The molecule has 2 heteroatoms. The summed E-state index contributed by atoms with van der Waals surface area (Å²) in [6.45, 7) is 6.85. The summed E-state index contributed by atoms with van der Waals surface area (Å²) in [5.74, 6) is 0. The Labute approximate surface area is 63.2 Å². The molecule has 0 fully saturated rings. The highest BCUT2D eigenvalue weighted by Gasteiger charge is 2.18. The largest absolute Gasteiger partial charge is 0.394 e. The molecule has 0 aliphatic carbocycles. The van der Waals surface area contributed by atoms with Gasteiger partial charge in [0.25, 0.3) is 0 Å². The lowest BCUT2D eigenvalue weighted by molar-refractivity contribution is -0.0502. The minimum absolute atomic E-state index is 0.0251. The molecule has 0 aliphatic heterocycles. The monoisotopic (exact) mass is 146 g/mol. The first-order chi connectivity index (χ1) is 4.68. The maximum atomic E-state index is 8.50. The summed E-state index contributed by atoms with van der Waals surface area (Å²) >= 11 is 0. The van der Waals surface area contributed by atoms with Gasteiger partial charge in [-0.15, -0.1) is 0 Å². The molecule has 0 aromatic carbocycles. The van der Waals surface area contributed by atoms with Gasteiger partial charge in [-0.3, -0.25) is 0 Å². The Bertz CT molecular complexity index is 77.3. The van der Waals surface area contributed by atoms with Crippen molar-refractivity contribution >= 4 is 0 Å². The first-order valence-corrected chi connectivity index (χ1v) is 3.93. The quantitative estimate of drug-likeness (QED) is 0.638. The zero-order valence-corrected chi connectivity index (χ0v) is 7.18. The highest BCUT2D eigenvalue weighted by atomic mass is 16.5. The summed E-state index contributed by atoms with van der Waals surface area (Å²) in [6, 6.07) is 0. The van der Waals surface area contributed by atoms with Gasteiger partial charge in [-0.1, -0.05) is 13.8 Å². The molecule has 0 aromatic heterocycles. The van der Waals surface area contributed by atoms with Crippen LogP contribution >= 0.6 is 0 Å². The van der Waals surface area contributed by atoms with E-state index < -0.39 is 0 Å². The van der Waals surface area contributed by atoms with Crippen LogP contribution in [0.1, 0.15) is 33.6 Å². The van der Waals surface area contributed by atoms with Gasteiger partial charge in [0.15, 0.2) is 0 Å². The third-order valence-corrected chi connectivity index (χ3v) is 2.04. The SMILES string of the molecule is CCC(C)(CC)OCCO. The fourth-order valence-electron chi connectivity index (χ4n) is 0.746. The normalized spacial score (nSPS) is 12.0. The van der Waals surface area contributed by atoms with Gasteiger partial charge >= 0.3 is 0 Å². The number of ether oxygens (including phenoxy) is 1. The molecule has 0 amide bonds. The molecule has 0 spiro atoms. The fourth-order valence-corrected chi connectivity index (χ4v) is 0.746. The Morgan fingerprint density at radius 2 is 1.80 bits per heavy atom. The van der Waals surface area contributed by atoms with E-state index in [9.17, 15) is 0 Å². The topological polar surface area (TPSA) is 29.5 Å². The number of aliphatic hydroxyl groups is 1. The molecule has 0 saturated heterocycles. The second kappa shape index (κ2) is 4.69. The summed E-state index contributed by atoms with van der Waals surface area (Å²) in [6.07, 6.45) is 2.01. The van der Waals surface area contributed by atoms with Gasteiger partial charge in [0.05, 0.1) is 18.8 Å². The van der Waals surface area contributed by atoms with Gasteiger partial charge in [-0.25, -0.2) is 0 Å². The fraction of sp³-hybridized carbons (Fsp3) is 1.00. The predicted molar refractivity (Wildman–Crippen MR) is 42.0 cm³/mol. The van der Waals surface area contributed by atoms with E-state index in [2.05, 4.69) is 20.8 Å². The van der Waals surface area contributed by atoms with Crippen molar-refractivity contribution in [1.29, 1.82) is 0 Å². The van der Waals surface area contributed by atoms with Gasteiger partial charge in [0.1, 0.15) is 0 Å². The van der Waals surface area contributed by atoms with Crippen LogP contribution < -0.4 is 0 Å². The highest BCUT2D eigenvalue weighted by Crippen LogP contribution is 2.18. The molecule has 0 aliphatic rings. The molecule has 0 atom stereocenters. The molecule has 0 heterocycles. The van der Waals surface area contributed by atoms with Crippen molar-refractivity contribution in [3.8, 4) is 0 Å². The molecule has 2 nitrogen and oxygen atoms in total. The molecular weight excluding hydrogens is 128 g/mol. The molecular formula is C8H18O2. The lowest BCUT2D eigenvalue weighted by Gasteiger charge is -2.26. The zero-order valence-electron chi connectivity index (χ0n) is 7.18. The van der Waals surface area contributed by atoms with Crippen molar-refractivity contribution in [2.75, 3.05) is 13.2 Å². The minimum Gasteiger partial charge on any atom is -0.394 e. The number of hydrogen-bond donors (Lipinski definition) is 1. The van der Waals surface area contributed by atoms with E-state index in [0.717, 1.165) is 12.8 Å². The second-order valence-electron chi connectivity index (χ2n) is 2.73. The number of hydrogen-bond acceptors (Lipinski definition) is 2. The van der Waals surface area contributed by atoms with E-state index in [4.69, 9.17) is 9.84 Å². The maximum Gasteiger partial charge on any atom is 0.0705 e. The van der Waals surface area contributed by atoms with Crippen LogP contribution in [-0.4, -0.2) is 23.9 Å². The second-order valence-corrected chi connectivity index (χ2v) is 2.73. The van der Waals surface area contributed by atoms with Gasteiger partial charge in [0.2, 0.25) is 0 Å². The molecule has 1 N–H and O–H groups in total. The molecule has 0 saturated carbocycles. The summed E-state index contributed by atoms with van der Waals surface area (Å²) in [7, 11) is 0. The van der Waals surface area contributed by atoms with Crippen molar-refractivity contribution in [2.45, 2.75) is 39.2 Å². The van der Waals surface area contributed by atoms with Crippen molar-refractivity contribution in [3.05, 3.63) is 0 Å². The van der Waals surface area contributed by atoms with E-state index in [1.807, 2.05) is 0 Å². The Morgan fingerprint density at radius 1 is 1.30 bits per heavy atom. The van der Waals surface area contributed by atoms with E-state index in [-0.39, 0.29) is 12.2 Å². The van der Waals surface area contributed by atoms with Crippen LogP contribution in [0, 0.1) is 0 Å². The summed E-state index contributed by atoms with van der Waals surface area (Å²) < 4.78 is 5.43. The van der Waals surface area contributed by atoms with Crippen LogP contribution in [0.3, 0.4) is 0 Å². The molecule has 10 heavy (non-hydrogen) atoms. The van der Waals surface area contributed by atoms with Gasteiger partial charge in [-0.2, -0.15) is 0 Å². The Kier molecular flexibility index (Phi) is 4.65. The zero-order chi connectivity index (χ0) is 8.04. The average molecular weight is 146 g/mol. The molecule has 62 valence electrons. The maximum absolute atomic E-state index is 8.50. The smallest absolute Gasteiger partial charge is 0.0705 e. The molecule has 0 bridgehead atoms. The van der Waals surface area contributed by atoms with E-state index in [0.29, 0.717) is 6.61 Å². The van der Waals surface area contributed by atoms with E-state index in [1.165, 1.54) is 0 Å². The van der Waals surface area contributed by atoms with Crippen LogP contribution in [0.5, 0.6) is 0 Å². The Balaban J connectivity index is 3.58. The van der Waals surface area contributed by atoms with Crippen LogP contribution in [0.15, 0.2) is 0 Å². The van der Waals surface area contributed by atoms with Crippen LogP contribution in [0.2, 0.25) is 0 Å². The van der Waals surface area contributed by atoms with Gasteiger partial charge in [-0.05, 0) is 19.8 Å². The minimum atomic E-state index is -0.0251. The Hall–Kier alpha value is -0.0800. The van der Waals surface area contributed by atoms with Crippen molar-refractivity contribution in [2.24, 2.45) is 0 Å². The highest BCUT2D eigenvalue weighted by molar-refractivity contribution is 4.70. The van der Waals surface area contributed by atoms with E-state index in [1.54, 1.807) is 0 Å². The lowest BCUT2D eigenvalue weighted by Crippen LogP contribution is -2.28. The predicted octanol–water partition coefficient (Wildman–Crippen LogP) is 1.57. The van der Waals surface area contributed by atoms with Crippen LogP contribution in [0.25, 0.3) is 0 Å². The van der Waals surface area contributed by atoms with Gasteiger partial charge in [0, 0.05) is 0 Å². The van der Waals surface area contributed by atoms with Crippen molar-refractivity contribution in [3.63, 3.8) is 0 Å². The summed E-state index contributed by atoms with van der Waals surface area (Å²) in [5, 5.41) is 8.50. The summed E-state index contributed by atoms with van der Waals surface area (Å²) in [5.41, 5.74) is -0.0251. The number of rotatable bonds is 5. The van der Waals surface area contributed by atoms with E-state index >= 15 is 0 Å². The standard InChI is InChI=1S/C8H18O2/c1-4-8(3,5-2)10-7-6-9/h9H,4-7H2,1-3H3. The van der Waals surface area contributed by atoms with Crippen LogP contribution in [-0.2, 0) is 4.74 Å². The summed E-state index contributed by atoms with van der Waals surface area (Å²) in [4.78, 5) is 0. The van der Waals surface area contributed by atoms with Crippen molar-refractivity contribution < 1.29 is 9.84 Å². The molecule has 0 radical (unpaired) electrons. The first kappa shape index (κ1) is 9.92. The van der Waals surface area contributed by atoms with Gasteiger partial charge < -0.3 is 9.84 Å². The van der Waals surface area contributed by atoms with Crippen molar-refractivity contribution in [1.82, 2.24) is 0 Å². The third kappa shape index (κ3) is 3.18. The Morgan fingerprint density at radius 3 is 2.10 bits per heavy atom.